The third kappa shape index (κ3) is 3.64. The van der Waals surface area contributed by atoms with Crippen LogP contribution in [-0.2, 0) is 4.79 Å². The second-order valence-electron chi connectivity index (χ2n) is 8.02. The first-order valence-corrected chi connectivity index (χ1v) is 10.7. The second-order valence-corrected chi connectivity index (χ2v) is 8.02. The van der Waals surface area contributed by atoms with Crippen molar-refractivity contribution in [3.8, 4) is 17.3 Å². The van der Waals surface area contributed by atoms with Crippen LogP contribution >= 0.6 is 0 Å². The van der Waals surface area contributed by atoms with E-state index >= 15 is 0 Å². The molecule has 0 spiro atoms. The number of fused-ring (bicyclic) bond motifs is 2. The van der Waals surface area contributed by atoms with Gasteiger partial charge in [-0.2, -0.15) is 0 Å². The molecule has 0 radical (unpaired) electrons. The highest BCUT2D eigenvalue weighted by atomic mass is 19.1. The maximum atomic E-state index is 14.9. The summed E-state index contributed by atoms with van der Waals surface area (Å²) in [6.07, 6.45) is 4.73. The molecule has 6 rings (SSSR count). The lowest BCUT2D eigenvalue weighted by atomic mass is 10.2. The minimum atomic E-state index is -0.664. The number of rotatable bonds is 5. The van der Waals surface area contributed by atoms with Crippen molar-refractivity contribution in [3.63, 3.8) is 0 Å². The van der Waals surface area contributed by atoms with Crippen LogP contribution in [0.1, 0.15) is 12.8 Å². The van der Waals surface area contributed by atoms with Crippen LogP contribution in [0.3, 0.4) is 0 Å². The number of benzene rings is 2. The highest BCUT2D eigenvalue weighted by molar-refractivity contribution is 5.93. The number of anilines is 1. The summed E-state index contributed by atoms with van der Waals surface area (Å²) < 4.78 is 23.2. The Morgan fingerprint density at radius 2 is 1.97 bits per heavy atom. The molecule has 0 unspecified atom stereocenters. The lowest BCUT2D eigenvalue weighted by Crippen LogP contribution is -2.18. The van der Waals surface area contributed by atoms with Crippen LogP contribution in [0.2, 0.25) is 0 Å². The van der Waals surface area contributed by atoms with Crippen LogP contribution in [0.4, 0.5) is 10.2 Å². The van der Waals surface area contributed by atoms with Gasteiger partial charge in [-0.05, 0) is 43.2 Å². The standard InChI is InChI=1S/C24H17FN6O3/c25-17-11-15(30-13-26-18-4-2-1-3-16(18)24(30)33)7-8-19(17)34-22-10-9-21-27-20(12-31(21)29-22)28-23(32)14-5-6-14/h1-4,7-14H,5-6H2,(H,28,32). The summed E-state index contributed by atoms with van der Waals surface area (Å²) in [5.41, 5.74) is 1.11. The van der Waals surface area contributed by atoms with Crippen molar-refractivity contribution < 1.29 is 13.9 Å². The molecular formula is C24H17FN6O3. The molecule has 1 saturated carbocycles. The predicted octanol–water partition coefficient (Wildman–Crippen LogP) is 3.71. The molecule has 1 amide bonds. The van der Waals surface area contributed by atoms with Crippen molar-refractivity contribution in [1.82, 2.24) is 24.1 Å². The molecule has 10 heteroatoms. The molecule has 1 aliphatic carbocycles. The van der Waals surface area contributed by atoms with Crippen molar-refractivity contribution in [2.75, 3.05) is 5.32 Å². The number of para-hydroxylation sites is 1. The van der Waals surface area contributed by atoms with Gasteiger partial charge in [-0.1, -0.05) is 12.1 Å². The third-order valence-electron chi connectivity index (χ3n) is 5.57. The van der Waals surface area contributed by atoms with E-state index in [1.54, 1.807) is 48.7 Å². The van der Waals surface area contributed by atoms with Crippen molar-refractivity contribution in [3.05, 3.63) is 83.3 Å². The van der Waals surface area contributed by atoms with Crippen molar-refractivity contribution in [2.24, 2.45) is 5.92 Å². The lowest BCUT2D eigenvalue weighted by molar-refractivity contribution is -0.117. The Hall–Kier alpha value is -4.60. The molecule has 34 heavy (non-hydrogen) atoms. The zero-order valence-electron chi connectivity index (χ0n) is 17.7. The number of nitrogens with zero attached hydrogens (tertiary/aromatic N) is 5. The monoisotopic (exact) mass is 456 g/mol. The summed E-state index contributed by atoms with van der Waals surface area (Å²) in [6.45, 7) is 0. The maximum Gasteiger partial charge on any atom is 0.265 e. The van der Waals surface area contributed by atoms with Crippen LogP contribution in [0, 0.1) is 11.7 Å². The Morgan fingerprint density at radius 3 is 2.79 bits per heavy atom. The number of imidazole rings is 1. The fourth-order valence-electron chi connectivity index (χ4n) is 3.64. The molecule has 1 aliphatic rings. The van der Waals surface area contributed by atoms with E-state index in [1.165, 1.54) is 27.5 Å². The van der Waals surface area contributed by atoms with E-state index in [1.807, 2.05) is 0 Å². The van der Waals surface area contributed by atoms with Gasteiger partial charge in [-0.15, -0.1) is 5.10 Å². The van der Waals surface area contributed by atoms with E-state index in [-0.39, 0.29) is 29.0 Å². The molecule has 0 atom stereocenters. The first-order chi connectivity index (χ1) is 16.5. The molecule has 9 nitrogen and oxygen atoms in total. The van der Waals surface area contributed by atoms with Gasteiger partial charge in [0.15, 0.2) is 23.0 Å². The molecule has 168 valence electrons. The number of carbonyl (C=O) groups is 1. The molecule has 3 heterocycles. The quantitative estimate of drug-likeness (QED) is 0.433. The summed E-state index contributed by atoms with van der Waals surface area (Å²) >= 11 is 0. The van der Waals surface area contributed by atoms with Gasteiger partial charge in [0.25, 0.3) is 5.56 Å². The van der Waals surface area contributed by atoms with Crippen molar-refractivity contribution in [2.45, 2.75) is 12.8 Å². The number of nitrogens with one attached hydrogen (secondary N) is 1. The number of carbonyl (C=O) groups excluding carboxylic acids is 1. The first-order valence-electron chi connectivity index (χ1n) is 10.7. The summed E-state index contributed by atoms with van der Waals surface area (Å²) in [5, 5.41) is 7.48. The highest BCUT2D eigenvalue weighted by Crippen LogP contribution is 2.30. The number of halogens is 1. The van der Waals surface area contributed by atoms with Crippen molar-refractivity contribution in [1.29, 1.82) is 0 Å². The Morgan fingerprint density at radius 1 is 1.12 bits per heavy atom. The Kier molecular flexibility index (Phi) is 4.58. The van der Waals surface area contributed by atoms with E-state index < -0.39 is 5.82 Å². The van der Waals surface area contributed by atoms with Crippen LogP contribution in [-0.4, -0.2) is 30.1 Å². The Balaban J connectivity index is 1.26. The normalized spacial score (nSPS) is 13.3. The molecule has 0 saturated heterocycles. The molecule has 5 aromatic rings. The maximum absolute atomic E-state index is 14.9. The average molecular weight is 456 g/mol. The molecule has 2 aromatic carbocycles. The summed E-state index contributed by atoms with van der Waals surface area (Å²) in [6, 6.07) is 14.4. The Bertz CT molecular complexity index is 1640. The second kappa shape index (κ2) is 7.77. The minimum Gasteiger partial charge on any atom is -0.434 e. The van der Waals surface area contributed by atoms with Gasteiger partial charge in [0.05, 0.1) is 22.8 Å². The number of hydrogen-bond donors (Lipinski definition) is 1. The first kappa shape index (κ1) is 20.0. The minimum absolute atomic E-state index is 0.0530. The zero-order valence-corrected chi connectivity index (χ0v) is 17.7. The Labute approximate surface area is 191 Å². The lowest BCUT2D eigenvalue weighted by Gasteiger charge is -2.10. The van der Waals surface area contributed by atoms with E-state index in [0.29, 0.717) is 28.1 Å². The molecule has 1 fully saturated rings. The molecular weight excluding hydrogens is 439 g/mol. The van der Waals surface area contributed by atoms with E-state index in [9.17, 15) is 14.0 Å². The number of aromatic nitrogens is 5. The smallest absolute Gasteiger partial charge is 0.265 e. The van der Waals surface area contributed by atoms with Gasteiger partial charge in [-0.3, -0.25) is 14.2 Å². The van der Waals surface area contributed by atoms with Crippen molar-refractivity contribution >= 4 is 28.3 Å². The topological polar surface area (TPSA) is 103 Å². The zero-order chi connectivity index (χ0) is 23.2. The van der Waals surface area contributed by atoms with Gasteiger partial charge < -0.3 is 10.1 Å². The van der Waals surface area contributed by atoms with Crippen LogP contribution in [0.15, 0.2) is 71.9 Å². The molecule has 0 aliphatic heterocycles. The fourth-order valence-corrected chi connectivity index (χ4v) is 3.64. The van der Waals surface area contributed by atoms with Crippen LogP contribution in [0.25, 0.3) is 22.2 Å². The van der Waals surface area contributed by atoms with E-state index in [4.69, 9.17) is 4.74 Å². The summed E-state index contributed by atoms with van der Waals surface area (Å²) in [4.78, 5) is 33.3. The van der Waals surface area contributed by atoms with Gasteiger partial charge in [0, 0.05) is 18.1 Å². The summed E-state index contributed by atoms with van der Waals surface area (Å²) in [5.74, 6) is -0.179. The average Bonchev–Trinajstić information content (AvgIpc) is 3.62. The highest BCUT2D eigenvalue weighted by Gasteiger charge is 2.30. The van der Waals surface area contributed by atoms with Crippen LogP contribution < -0.4 is 15.6 Å². The molecule has 1 N–H and O–H groups in total. The van der Waals surface area contributed by atoms with Gasteiger partial charge in [0.2, 0.25) is 11.8 Å². The van der Waals surface area contributed by atoms with Gasteiger partial charge in [-0.25, -0.2) is 18.9 Å². The van der Waals surface area contributed by atoms with Gasteiger partial charge >= 0.3 is 0 Å². The third-order valence-corrected chi connectivity index (χ3v) is 5.57. The molecule has 3 aromatic heterocycles. The predicted molar refractivity (Wildman–Crippen MR) is 122 cm³/mol. The van der Waals surface area contributed by atoms with E-state index in [0.717, 1.165) is 12.8 Å². The number of hydrogen-bond acceptors (Lipinski definition) is 6. The van der Waals surface area contributed by atoms with Gasteiger partial charge in [0.1, 0.15) is 6.33 Å². The summed E-state index contributed by atoms with van der Waals surface area (Å²) in [7, 11) is 0. The van der Waals surface area contributed by atoms with E-state index in [2.05, 4.69) is 20.4 Å². The van der Waals surface area contributed by atoms with Crippen LogP contribution in [0.5, 0.6) is 11.6 Å². The molecule has 0 bridgehead atoms. The SMILES string of the molecule is O=C(Nc1cn2nc(Oc3ccc(-n4cnc5ccccc5c4=O)cc3F)ccc2n1)C1CC1. The number of ether oxygens (including phenoxy) is 1. The fraction of sp³-hybridized carbons (Fsp3) is 0.125. The number of amides is 1. The largest absolute Gasteiger partial charge is 0.434 e.